The van der Waals surface area contributed by atoms with Gasteiger partial charge >= 0.3 is 0 Å². The number of halogens is 2. The summed E-state index contributed by atoms with van der Waals surface area (Å²) in [5.41, 5.74) is 2.15. The normalized spacial score (nSPS) is 34.3. The molecule has 6 heterocycles. The Hall–Kier alpha value is -3.41. The first kappa shape index (κ1) is 31.6. The predicted molar refractivity (Wildman–Crippen MR) is 158 cm³/mol. The number of nitrogens with one attached hydrogen (secondary N) is 2. The molecule has 8 unspecified atom stereocenters. The van der Waals surface area contributed by atoms with Gasteiger partial charge in [0.15, 0.2) is 17.8 Å². The number of piperidine rings is 2. The van der Waals surface area contributed by atoms with Crippen LogP contribution in [0.25, 0.3) is 0 Å². The third-order valence-corrected chi connectivity index (χ3v) is 10.8. The second-order valence-corrected chi connectivity index (χ2v) is 13.5. The number of pyridine rings is 1. The number of carbonyl (C=O) groups is 3. The molecule has 1 aromatic rings. The van der Waals surface area contributed by atoms with Crippen molar-refractivity contribution in [2.45, 2.75) is 82.7 Å². The number of nitriles is 1. The van der Waals surface area contributed by atoms with Crippen LogP contribution in [0.15, 0.2) is 12.3 Å². The molecule has 45 heavy (non-hydrogen) atoms. The van der Waals surface area contributed by atoms with Gasteiger partial charge in [0.1, 0.15) is 11.9 Å². The lowest BCUT2D eigenvalue weighted by Crippen LogP contribution is -2.68. The first-order chi connectivity index (χ1) is 21.5. The predicted octanol–water partition coefficient (Wildman–Crippen LogP) is 1.70. The summed E-state index contributed by atoms with van der Waals surface area (Å²) in [5, 5.41) is 13.8. The van der Waals surface area contributed by atoms with Gasteiger partial charge in [0.05, 0.1) is 29.7 Å². The Labute approximate surface area is 262 Å². The van der Waals surface area contributed by atoms with Crippen molar-refractivity contribution in [3.63, 3.8) is 0 Å². The zero-order valence-corrected chi connectivity index (χ0v) is 26.0. The highest BCUT2D eigenvalue weighted by molar-refractivity contribution is 5.99. The summed E-state index contributed by atoms with van der Waals surface area (Å²) >= 11 is 0. The molecule has 5 aliphatic rings. The van der Waals surface area contributed by atoms with Crippen LogP contribution in [0.2, 0.25) is 0 Å². The molecule has 0 aromatic carbocycles. The second-order valence-electron chi connectivity index (χ2n) is 13.5. The van der Waals surface area contributed by atoms with Gasteiger partial charge in [-0.25, -0.2) is 18.8 Å². The van der Waals surface area contributed by atoms with Gasteiger partial charge in [-0.1, -0.05) is 6.92 Å². The Morgan fingerprint density at radius 1 is 1.16 bits per heavy atom. The maximum Gasteiger partial charge on any atom is 0.257 e. The number of fused-ring (bicyclic) bond motifs is 1. The van der Waals surface area contributed by atoms with Crippen molar-refractivity contribution in [1.29, 1.82) is 5.26 Å². The summed E-state index contributed by atoms with van der Waals surface area (Å²) in [6.07, 6.45) is 5.71. The second kappa shape index (κ2) is 12.4. The number of anilines is 1. The standard InChI is InChI=1S/C31H42F2N8O4/c1-18-5-4-8-40(20(18)3)37-28(42)23-14-31-7-6-24(45-31)26(29(43)36-25-13-21(32)22(33)15-35-25)27(31)30(44)41(23)19(2)16-38-9-11-39(17-34)12-10-38/h13,15,18-20,23-24,26-27H,4-12,14,16H2,1-3H3,(H,37,42)(H,35,36,43). The lowest BCUT2D eigenvalue weighted by Gasteiger charge is -2.50. The van der Waals surface area contributed by atoms with Gasteiger partial charge in [-0.15, -0.1) is 0 Å². The molecule has 12 nitrogen and oxygen atoms in total. The number of nitrogens with zero attached hydrogens (tertiary/aromatic N) is 6. The fraction of sp³-hybridized carbons (Fsp3) is 0.710. The third kappa shape index (κ3) is 5.86. The molecule has 8 atom stereocenters. The third-order valence-electron chi connectivity index (χ3n) is 10.8. The van der Waals surface area contributed by atoms with E-state index in [-0.39, 0.29) is 36.1 Å². The van der Waals surface area contributed by atoms with Gasteiger partial charge in [-0.2, -0.15) is 5.26 Å². The number of likely N-dealkylation sites (tertiary alicyclic amines) is 1. The van der Waals surface area contributed by atoms with Crippen LogP contribution < -0.4 is 10.7 Å². The van der Waals surface area contributed by atoms with E-state index >= 15 is 0 Å². The number of hydrazine groups is 1. The molecule has 1 aromatic heterocycles. The van der Waals surface area contributed by atoms with Crippen molar-refractivity contribution in [3.8, 4) is 6.19 Å². The molecule has 5 saturated heterocycles. The van der Waals surface area contributed by atoms with E-state index in [9.17, 15) is 28.4 Å². The lowest BCUT2D eigenvalue weighted by molar-refractivity contribution is -0.168. The summed E-state index contributed by atoms with van der Waals surface area (Å²) in [7, 11) is 0. The minimum Gasteiger partial charge on any atom is -0.370 e. The number of hydrogen-bond acceptors (Lipinski definition) is 9. The number of ether oxygens (including phenoxy) is 1. The van der Waals surface area contributed by atoms with Gasteiger partial charge < -0.3 is 19.9 Å². The van der Waals surface area contributed by atoms with E-state index in [0.717, 1.165) is 25.5 Å². The quantitative estimate of drug-likeness (QED) is 0.433. The van der Waals surface area contributed by atoms with Crippen LogP contribution in [-0.2, 0) is 19.1 Å². The number of hydrogen-bond donors (Lipinski definition) is 2. The van der Waals surface area contributed by atoms with Crippen LogP contribution in [-0.4, -0.2) is 112 Å². The van der Waals surface area contributed by atoms with Crippen LogP contribution in [0.1, 0.15) is 52.9 Å². The largest absolute Gasteiger partial charge is 0.370 e. The van der Waals surface area contributed by atoms with Crippen molar-refractivity contribution in [2.75, 3.05) is 44.6 Å². The highest BCUT2D eigenvalue weighted by atomic mass is 19.2. The number of rotatable bonds is 7. The van der Waals surface area contributed by atoms with Gasteiger partial charge in [0, 0.05) is 63.8 Å². The minimum absolute atomic E-state index is 0.145. The van der Waals surface area contributed by atoms with Gasteiger partial charge in [0.25, 0.3) is 5.91 Å². The number of aromatic nitrogens is 1. The summed E-state index contributed by atoms with van der Waals surface area (Å²) in [6.45, 7) is 9.92. The Morgan fingerprint density at radius 3 is 2.62 bits per heavy atom. The molecule has 6 rings (SSSR count). The van der Waals surface area contributed by atoms with Crippen LogP contribution in [0.3, 0.4) is 0 Å². The van der Waals surface area contributed by atoms with Crippen LogP contribution in [0.4, 0.5) is 14.6 Å². The number of amides is 3. The maximum atomic E-state index is 14.6. The van der Waals surface area contributed by atoms with Crippen molar-refractivity contribution >= 4 is 23.5 Å². The highest BCUT2D eigenvalue weighted by Gasteiger charge is 2.69. The molecule has 5 fully saturated rings. The van der Waals surface area contributed by atoms with Crippen molar-refractivity contribution in [2.24, 2.45) is 17.8 Å². The minimum atomic E-state index is -1.14. The monoisotopic (exact) mass is 628 g/mol. The first-order valence-corrected chi connectivity index (χ1v) is 16.1. The Morgan fingerprint density at radius 2 is 1.91 bits per heavy atom. The van der Waals surface area contributed by atoms with Crippen molar-refractivity contribution < 1.29 is 27.9 Å². The Kier molecular flexibility index (Phi) is 8.71. The summed E-state index contributed by atoms with van der Waals surface area (Å²) in [6, 6.07) is -0.218. The Bertz CT molecular complexity index is 1370. The zero-order valence-electron chi connectivity index (χ0n) is 26.0. The SMILES string of the molecule is CC1CCCN(NC(=O)C2CC34CCC(O3)C(C(=O)Nc3cc(F)c(F)cn3)C4C(=O)N2C(C)CN2CCN(C#N)CC2)C1C. The van der Waals surface area contributed by atoms with Crippen molar-refractivity contribution in [1.82, 2.24) is 30.1 Å². The zero-order chi connectivity index (χ0) is 32.0. The summed E-state index contributed by atoms with van der Waals surface area (Å²) < 4.78 is 33.8. The van der Waals surface area contributed by atoms with E-state index in [0.29, 0.717) is 57.7 Å². The summed E-state index contributed by atoms with van der Waals surface area (Å²) in [5.74, 6) is -4.84. The maximum absolute atomic E-state index is 14.6. The topological polar surface area (TPSA) is 134 Å². The molecule has 2 N–H and O–H groups in total. The smallest absolute Gasteiger partial charge is 0.257 e. The number of carbonyl (C=O) groups excluding carboxylic acids is 3. The van der Waals surface area contributed by atoms with E-state index in [1.807, 2.05) is 11.9 Å². The molecule has 0 aliphatic carbocycles. The molecule has 0 radical (unpaired) electrons. The molecular formula is C31H42F2N8O4. The molecule has 14 heteroatoms. The van der Waals surface area contributed by atoms with E-state index < -0.39 is 47.1 Å². The summed E-state index contributed by atoms with van der Waals surface area (Å²) in [4.78, 5) is 51.7. The van der Waals surface area contributed by atoms with Crippen LogP contribution >= 0.6 is 0 Å². The van der Waals surface area contributed by atoms with Gasteiger partial charge in [-0.3, -0.25) is 24.7 Å². The van der Waals surface area contributed by atoms with Crippen LogP contribution in [0.5, 0.6) is 0 Å². The van der Waals surface area contributed by atoms with Gasteiger partial charge in [-0.05, 0) is 45.4 Å². The molecule has 3 amide bonds. The fourth-order valence-electron chi connectivity index (χ4n) is 8.18. The van der Waals surface area contributed by atoms with Crippen molar-refractivity contribution in [3.05, 3.63) is 23.9 Å². The molecular weight excluding hydrogens is 586 g/mol. The van der Waals surface area contributed by atoms with E-state index in [1.54, 1.807) is 9.80 Å². The van der Waals surface area contributed by atoms with Crippen LogP contribution in [0, 0.1) is 40.8 Å². The van der Waals surface area contributed by atoms with Gasteiger partial charge in [0.2, 0.25) is 11.8 Å². The average molecular weight is 629 g/mol. The molecule has 0 saturated carbocycles. The first-order valence-electron chi connectivity index (χ1n) is 16.1. The van der Waals surface area contributed by atoms with E-state index in [2.05, 4.69) is 40.7 Å². The lowest BCUT2D eigenvalue weighted by atomic mass is 9.65. The van der Waals surface area contributed by atoms with E-state index in [1.165, 1.54) is 0 Å². The molecule has 2 bridgehead atoms. The molecule has 1 spiro atoms. The average Bonchev–Trinajstić information content (AvgIpc) is 3.58. The van der Waals surface area contributed by atoms with E-state index in [4.69, 9.17) is 4.74 Å². The highest BCUT2D eigenvalue weighted by Crippen LogP contribution is 2.57. The molecule has 244 valence electrons. The Balaban J connectivity index is 1.26. The number of piperazine rings is 1. The molecule has 5 aliphatic heterocycles. The fourth-order valence-corrected chi connectivity index (χ4v) is 8.18.